The zero-order valence-corrected chi connectivity index (χ0v) is 36.2. The van der Waals surface area contributed by atoms with Gasteiger partial charge < -0.3 is 29.7 Å². The molecule has 4 amide bonds. The van der Waals surface area contributed by atoms with Crippen molar-refractivity contribution in [3.8, 4) is 22.8 Å². The number of hydrogen-bond acceptors (Lipinski definition) is 10. The van der Waals surface area contributed by atoms with Gasteiger partial charge in [0.2, 0.25) is 21.8 Å². The van der Waals surface area contributed by atoms with Crippen LogP contribution in [0.2, 0.25) is 0 Å². The van der Waals surface area contributed by atoms with Crippen molar-refractivity contribution in [1.82, 2.24) is 25.2 Å². The Hall–Kier alpha value is -4.45. The number of alkyl carbamates (subject to hydrolysis) is 1. The standard InChI is InChI=1S/C41H50IN5O9S/c1-9-25-22-41(25,36(50)46-57(52,53)40(42)17-18-40)45-34(48)31-20-27(23-47(31)35(49)33(38(2,3)4)44-37(51)56-39(5,6)7)55-32-21-29(24-13-11-10-12-14-24)43-30-19-26(54-8)15-16-28(30)32/h9-16,19,21,25,27,31,33H,1,17-18,20,22-23H2,2-8H3,(H,44,51)(H,45,48)(H,46,50)/t25-,27-,31+,33-,41-/m1/s1. The van der Waals surface area contributed by atoms with Gasteiger partial charge in [-0.3, -0.25) is 14.4 Å². The minimum atomic E-state index is -4.03. The van der Waals surface area contributed by atoms with Crippen molar-refractivity contribution in [1.29, 1.82) is 0 Å². The van der Waals surface area contributed by atoms with Crippen molar-refractivity contribution in [2.24, 2.45) is 11.3 Å². The van der Waals surface area contributed by atoms with Gasteiger partial charge in [0.1, 0.15) is 43.6 Å². The van der Waals surface area contributed by atoms with Crippen molar-refractivity contribution in [2.45, 2.75) is 99.3 Å². The fourth-order valence-corrected chi connectivity index (χ4v) is 8.81. The number of hydrogen-bond donors (Lipinski definition) is 3. The molecule has 2 aliphatic carbocycles. The Morgan fingerprint density at radius 2 is 1.72 bits per heavy atom. The highest BCUT2D eigenvalue weighted by atomic mass is 127. The zero-order valence-electron chi connectivity index (χ0n) is 33.2. The number of pyridine rings is 1. The first kappa shape index (κ1) is 42.2. The monoisotopic (exact) mass is 915 g/mol. The summed E-state index contributed by atoms with van der Waals surface area (Å²) in [5, 5.41) is 6.22. The number of amides is 4. The third-order valence-corrected chi connectivity index (χ3v) is 15.0. The highest BCUT2D eigenvalue weighted by Gasteiger charge is 2.63. The third-order valence-electron chi connectivity index (χ3n) is 10.4. The molecular weight excluding hydrogens is 865 g/mol. The number of alkyl halides is 1. The number of benzene rings is 2. The SMILES string of the molecule is C=C[C@@H]1C[C@]1(NC(=O)[C@@H]1C[C@@H](Oc2cc(-c3ccccc3)nc3cc(OC)ccc23)CN1C(=O)[C@@H](NC(=O)OC(C)(C)C)C(C)(C)C)C(=O)NS(=O)(=O)C1(I)CC1. The number of methoxy groups -OCH3 is 1. The molecule has 5 atom stereocenters. The van der Waals surface area contributed by atoms with Crippen LogP contribution in [0.15, 0.2) is 67.3 Å². The van der Waals surface area contributed by atoms with E-state index in [0.29, 0.717) is 40.9 Å². The minimum absolute atomic E-state index is 0.00707. The van der Waals surface area contributed by atoms with E-state index in [1.807, 2.05) is 65.1 Å². The zero-order chi connectivity index (χ0) is 41.7. The van der Waals surface area contributed by atoms with Crippen molar-refractivity contribution in [3.05, 3.63) is 67.3 Å². The van der Waals surface area contributed by atoms with Gasteiger partial charge in [0.05, 0.1) is 24.9 Å². The number of rotatable bonds is 12. The Kier molecular flexibility index (Phi) is 11.4. The number of fused-ring (bicyclic) bond motifs is 1. The molecule has 0 bridgehead atoms. The summed E-state index contributed by atoms with van der Waals surface area (Å²) in [6.07, 6.45) is 0.896. The maximum atomic E-state index is 14.7. The van der Waals surface area contributed by atoms with E-state index in [1.54, 1.807) is 60.8 Å². The fourth-order valence-electron chi connectivity index (χ4n) is 6.96. The van der Waals surface area contributed by atoms with Crippen LogP contribution in [0.25, 0.3) is 22.2 Å². The van der Waals surface area contributed by atoms with E-state index >= 15 is 0 Å². The van der Waals surface area contributed by atoms with Gasteiger partial charge >= 0.3 is 6.09 Å². The lowest BCUT2D eigenvalue weighted by atomic mass is 9.85. The number of carbonyl (C=O) groups excluding carboxylic acids is 4. The van der Waals surface area contributed by atoms with Crippen molar-refractivity contribution in [3.63, 3.8) is 0 Å². The fraction of sp³-hybridized carbons (Fsp3) is 0.488. The van der Waals surface area contributed by atoms with E-state index in [2.05, 4.69) is 21.9 Å². The number of halogens is 1. The highest BCUT2D eigenvalue weighted by molar-refractivity contribution is 14.1. The number of nitrogens with zero attached hydrogens (tertiary/aromatic N) is 2. The van der Waals surface area contributed by atoms with E-state index < -0.39 is 77.3 Å². The molecule has 0 radical (unpaired) electrons. The molecule has 6 rings (SSSR count). The number of sulfonamides is 1. The lowest BCUT2D eigenvalue weighted by molar-refractivity contribution is -0.143. The second-order valence-electron chi connectivity index (χ2n) is 17.0. The first-order valence-corrected chi connectivity index (χ1v) is 21.4. The number of aromatic nitrogens is 1. The third kappa shape index (κ3) is 9.01. The molecule has 57 heavy (non-hydrogen) atoms. The molecule has 3 N–H and O–H groups in total. The molecule has 3 aliphatic rings. The molecule has 0 unspecified atom stereocenters. The van der Waals surface area contributed by atoms with Gasteiger partial charge in [-0.05, 0) is 57.6 Å². The molecular formula is C41H50IN5O9S. The molecule has 16 heteroatoms. The Labute approximate surface area is 347 Å². The van der Waals surface area contributed by atoms with Crippen molar-refractivity contribution >= 4 is 67.3 Å². The van der Waals surface area contributed by atoms with Gasteiger partial charge in [-0.25, -0.2) is 22.9 Å². The Bertz CT molecular complexity index is 2200. The molecule has 2 heterocycles. The van der Waals surface area contributed by atoms with Gasteiger partial charge in [0.25, 0.3) is 5.91 Å². The van der Waals surface area contributed by atoms with E-state index in [1.165, 1.54) is 11.0 Å². The summed E-state index contributed by atoms with van der Waals surface area (Å²) < 4.78 is 44.9. The molecule has 1 saturated heterocycles. The molecule has 14 nitrogen and oxygen atoms in total. The topological polar surface area (TPSA) is 182 Å². The first-order chi connectivity index (χ1) is 26.6. The van der Waals surface area contributed by atoms with Gasteiger partial charge in [0.15, 0.2) is 0 Å². The number of carbonyl (C=O) groups is 4. The van der Waals surface area contributed by atoms with E-state index in [0.717, 1.165) is 5.56 Å². The normalized spacial score (nSPS) is 23.2. The van der Waals surface area contributed by atoms with Crippen LogP contribution in [-0.4, -0.2) is 87.9 Å². The maximum absolute atomic E-state index is 14.7. The smallest absolute Gasteiger partial charge is 0.408 e. The van der Waals surface area contributed by atoms with Crippen LogP contribution >= 0.6 is 22.6 Å². The minimum Gasteiger partial charge on any atom is -0.497 e. The summed E-state index contributed by atoms with van der Waals surface area (Å²) in [7, 11) is -2.46. The van der Waals surface area contributed by atoms with Crippen LogP contribution in [0, 0.1) is 11.3 Å². The van der Waals surface area contributed by atoms with Crippen LogP contribution < -0.4 is 24.8 Å². The molecule has 306 valence electrons. The summed E-state index contributed by atoms with van der Waals surface area (Å²) >= 11 is 1.83. The molecule has 1 aliphatic heterocycles. The summed E-state index contributed by atoms with van der Waals surface area (Å²) in [6, 6.07) is 14.5. The van der Waals surface area contributed by atoms with Gasteiger partial charge in [-0.2, -0.15) is 0 Å². The highest BCUT2D eigenvalue weighted by Crippen LogP contribution is 2.50. The van der Waals surface area contributed by atoms with Gasteiger partial charge in [-0.1, -0.05) is 79.8 Å². The van der Waals surface area contributed by atoms with Crippen molar-refractivity contribution < 1.29 is 41.8 Å². The average Bonchev–Trinajstić information content (AvgIpc) is 4.02. The predicted octanol–water partition coefficient (Wildman–Crippen LogP) is 5.63. The summed E-state index contributed by atoms with van der Waals surface area (Å²) in [5.41, 5.74) is -1.19. The average molecular weight is 916 g/mol. The Morgan fingerprint density at radius 1 is 1.04 bits per heavy atom. The van der Waals surface area contributed by atoms with Gasteiger partial charge in [0, 0.05) is 35.4 Å². The largest absolute Gasteiger partial charge is 0.497 e. The quantitative estimate of drug-likeness (QED) is 0.117. The Morgan fingerprint density at radius 3 is 2.30 bits per heavy atom. The summed E-state index contributed by atoms with van der Waals surface area (Å²) in [5.74, 6) is -1.60. The number of ether oxygens (including phenoxy) is 3. The van der Waals surface area contributed by atoms with Gasteiger partial charge in [-0.15, -0.1) is 6.58 Å². The molecule has 3 aromatic rings. The van der Waals surface area contributed by atoms with E-state index in [4.69, 9.17) is 19.2 Å². The predicted molar refractivity (Wildman–Crippen MR) is 223 cm³/mol. The van der Waals surface area contributed by atoms with Crippen LogP contribution in [0.1, 0.15) is 67.2 Å². The second-order valence-corrected chi connectivity index (χ2v) is 21.8. The maximum Gasteiger partial charge on any atom is 0.408 e. The summed E-state index contributed by atoms with van der Waals surface area (Å²) in [4.78, 5) is 62.2. The lowest BCUT2D eigenvalue weighted by Crippen LogP contribution is -2.60. The lowest BCUT2D eigenvalue weighted by Gasteiger charge is -2.36. The second kappa shape index (κ2) is 15.4. The molecule has 3 fully saturated rings. The van der Waals surface area contributed by atoms with E-state index in [-0.39, 0.29) is 19.4 Å². The van der Waals surface area contributed by atoms with E-state index in [9.17, 15) is 27.6 Å². The van der Waals surface area contributed by atoms with Crippen LogP contribution in [-0.2, 0) is 29.1 Å². The summed E-state index contributed by atoms with van der Waals surface area (Å²) in [6.45, 7) is 14.2. The number of nitrogens with one attached hydrogen (secondary N) is 3. The molecule has 1 aromatic heterocycles. The van der Waals surface area contributed by atoms with Crippen LogP contribution in [0.3, 0.4) is 0 Å². The number of likely N-dealkylation sites (tertiary alicyclic amines) is 1. The van der Waals surface area contributed by atoms with Crippen LogP contribution in [0.4, 0.5) is 4.79 Å². The van der Waals surface area contributed by atoms with Crippen molar-refractivity contribution in [2.75, 3.05) is 13.7 Å². The van der Waals surface area contributed by atoms with Crippen LogP contribution in [0.5, 0.6) is 11.5 Å². The molecule has 2 aromatic carbocycles. The molecule has 0 spiro atoms. The molecule has 2 saturated carbocycles. The first-order valence-electron chi connectivity index (χ1n) is 18.8. The Balaban J connectivity index is 1.35.